The van der Waals surface area contributed by atoms with Crippen LogP contribution in [0.3, 0.4) is 0 Å². The second-order valence-electron chi connectivity index (χ2n) is 9.76. The molecule has 3 heterocycles. The molecule has 2 aliphatic heterocycles. The summed E-state index contributed by atoms with van der Waals surface area (Å²) in [4.78, 5) is 38.3. The molecule has 0 bridgehead atoms. The van der Waals surface area contributed by atoms with E-state index in [9.17, 15) is 27.6 Å². The molecule has 1 N–H and O–H groups in total. The van der Waals surface area contributed by atoms with Crippen molar-refractivity contribution in [1.29, 1.82) is 0 Å². The summed E-state index contributed by atoms with van der Waals surface area (Å²) in [5, 5.41) is 7.77. The number of ether oxygens (including phenoxy) is 1. The number of hydrogen-bond acceptors (Lipinski definition) is 5. The van der Waals surface area contributed by atoms with Crippen molar-refractivity contribution in [2.45, 2.75) is 43.9 Å². The molecule has 0 spiro atoms. The summed E-state index contributed by atoms with van der Waals surface area (Å²) in [6, 6.07) is 10.2. The monoisotopic (exact) mass is 540 g/mol. The molecule has 0 saturated carbocycles. The second kappa shape index (κ2) is 10.5. The van der Waals surface area contributed by atoms with E-state index in [0.717, 1.165) is 23.0 Å². The summed E-state index contributed by atoms with van der Waals surface area (Å²) in [6.45, 7) is 0.952. The minimum Gasteiger partial charge on any atom is -0.488 e. The molecule has 3 aromatic rings. The molecule has 1 atom stereocenters. The number of amides is 3. The first-order chi connectivity index (χ1) is 18.6. The number of imide groups is 1. The number of halogens is 3. The van der Waals surface area contributed by atoms with Crippen LogP contribution in [-0.2, 0) is 27.6 Å². The van der Waals surface area contributed by atoms with Crippen LogP contribution in [0, 0.1) is 0 Å². The highest BCUT2D eigenvalue weighted by Gasteiger charge is 2.33. The lowest BCUT2D eigenvalue weighted by Crippen LogP contribution is -2.41. The second-order valence-corrected chi connectivity index (χ2v) is 9.76. The topological polar surface area (TPSA) is 93.5 Å². The summed E-state index contributed by atoms with van der Waals surface area (Å²) < 4.78 is 46.2. The molecule has 2 saturated heterocycles. The van der Waals surface area contributed by atoms with Gasteiger partial charge in [0.25, 0.3) is 0 Å². The largest absolute Gasteiger partial charge is 0.488 e. The Morgan fingerprint density at radius 2 is 1.79 bits per heavy atom. The normalized spacial score (nSPS) is 19.1. The van der Waals surface area contributed by atoms with Gasteiger partial charge in [-0.25, -0.2) is 0 Å². The van der Waals surface area contributed by atoms with E-state index in [1.54, 1.807) is 16.6 Å². The van der Waals surface area contributed by atoms with Gasteiger partial charge < -0.3 is 9.64 Å². The first kappa shape index (κ1) is 26.5. The van der Waals surface area contributed by atoms with Crippen molar-refractivity contribution in [1.82, 2.24) is 20.0 Å². The number of benzene rings is 2. The number of carbonyl (C=O) groups excluding carboxylic acids is 3. The van der Waals surface area contributed by atoms with Crippen LogP contribution in [0.4, 0.5) is 13.2 Å². The summed E-state index contributed by atoms with van der Waals surface area (Å²) >= 11 is 0. The van der Waals surface area contributed by atoms with Crippen LogP contribution in [-0.4, -0.2) is 51.6 Å². The highest BCUT2D eigenvalue weighted by Crippen LogP contribution is 2.35. The van der Waals surface area contributed by atoms with E-state index in [-0.39, 0.29) is 30.2 Å². The lowest BCUT2D eigenvalue weighted by atomic mass is 9.93. The molecular formula is C28H27F3N4O4. The third kappa shape index (κ3) is 5.67. The van der Waals surface area contributed by atoms with Crippen LogP contribution in [0.2, 0.25) is 0 Å². The molecule has 1 unspecified atom stereocenters. The molecule has 2 aromatic carbocycles. The third-order valence-electron chi connectivity index (χ3n) is 7.13. The molecular weight excluding hydrogens is 513 g/mol. The van der Waals surface area contributed by atoms with Crippen molar-refractivity contribution in [2.24, 2.45) is 7.05 Å². The summed E-state index contributed by atoms with van der Waals surface area (Å²) in [6.07, 6.45) is 0.228. The molecule has 39 heavy (non-hydrogen) atoms. The Morgan fingerprint density at radius 3 is 2.46 bits per heavy atom. The van der Waals surface area contributed by atoms with Crippen LogP contribution < -0.4 is 10.1 Å². The van der Waals surface area contributed by atoms with Crippen molar-refractivity contribution < 1.29 is 32.3 Å². The average Bonchev–Trinajstić information content (AvgIpc) is 3.24. The maximum atomic E-state index is 12.7. The number of likely N-dealkylation sites (tertiary alicyclic amines) is 1. The van der Waals surface area contributed by atoms with Crippen molar-refractivity contribution in [3.05, 3.63) is 65.4 Å². The maximum absolute atomic E-state index is 12.7. The Hall–Kier alpha value is -4.15. The van der Waals surface area contributed by atoms with Crippen LogP contribution in [0.15, 0.2) is 48.5 Å². The Labute approximate surface area is 222 Å². The number of fused-ring (bicyclic) bond motifs is 1. The van der Waals surface area contributed by atoms with E-state index in [1.165, 1.54) is 24.3 Å². The van der Waals surface area contributed by atoms with Crippen LogP contribution in [0.5, 0.6) is 5.75 Å². The predicted octanol–water partition coefficient (Wildman–Crippen LogP) is 4.20. The zero-order valence-corrected chi connectivity index (χ0v) is 21.2. The third-order valence-corrected chi connectivity index (χ3v) is 7.13. The van der Waals surface area contributed by atoms with Crippen LogP contribution in [0.1, 0.15) is 48.4 Å². The van der Waals surface area contributed by atoms with Crippen molar-refractivity contribution in [3.63, 3.8) is 0 Å². The summed E-state index contributed by atoms with van der Waals surface area (Å²) in [7, 11) is 1.79. The number of rotatable bonds is 5. The summed E-state index contributed by atoms with van der Waals surface area (Å²) in [5.74, 6) is -0.710. The van der Waals surface area contributed by atoms with E-state index < -0.39 is 17.7 Å². The van der Waals surface area contributed by atoms with Gasteiger partial charge in [0.2, 0.25) is 17.7 Å². The molecule has 0 radical (unpaired) electrons. The molecule has 1 aromatic heterocycles. The number of nitrogens with zero attached hydrogens (tertiary/aromatic N) is 3. The number of aromatic nitrogens is 2. The maximum Gasteiger partial charge on any atom is 0.416 e. The molecule has 0 aliphatic carbocycles. The smallest absolute Gasteiger partial charge is 0.416 e. The fraction of sp³-hybridized carbons (Fsp3) is 0.357. The Bertz CT molecular complexity index is 1440. The summed E-state index contributed by atoms with van der Waals surface area (Å²) in [5.41, 5.74) is 1.15. The Kier molecular flexibility index (Phi) is 7.16. The quantitative estimate of drug-likeness (QED) is 0.387. The van der Waals surface area contributed by atoms with E-state index in [0.29, 0.717) is 49.4 Å². The highest BCUT2D eigenvalue weighted by molar-refractivity contribution is 6.03. The number of alkyl halides is 3. The SMILES string of the molecule is Cn1nc(C2CCC(=O)NC2=O)c2cccc(OC3CCN(C(=O)/C=C/c4ccc(C(F)(F)F)cc4)CC3)c21. The van der Waals surface area contributed by atoms with Crippen molar-refractivity contribution in [2.75, 3.05) is 13.1 Å². The first-order valence-electron chi connectivity index (χ1n) is 12.7. The minimum atomic E-state index is -4.40. The zero-order valence-electron chi connectivity index (χ0n) is 21.2. The van der Waals surface area contributed by atoms with Gasteiger partial charge in [-0.1, -0.05) is 24.3 Å². The molecule has 2 aliphatic rings. The van der Waals surface area contributed by atoms with Crippen molar-refractivity contribution >= 4 is 34.7 Å². The zero-order chi connectivity index (χ0) is 27.7. The van der Waals surface area contributed by atoms with Crippen LogP contribution in [0.25, 0.3) is 17.0 Å². The average molecular weight is 541 g/mol. The molecule has 3 amide bonds. The number of para-hydroxylation sites is 1. The van der Waals surface area contributed by atoms with E-state index >= 15 is 0 Å². The van der Waals surface area contributed by atoms with Crippen molar-refractivity contribution in [3.8, 4) is 5.75 Å². The van der Waals surface area contributed by atoms with Gasteiger partial charge in [0.15, 0.2) is 0 Å². The fourth-order valence-electron chi connectivity index (χ4n) is 5.06. The lowest BCUT2D eigenvalue weighted by Gasteiger charge is -2.31. The molecule has 5 rings (SSSR count). The Balaban J connectivity index is 1.21. The van der Waals surface area contributed by atoms with Gasteiger partial charge in [0.05, 0.1) is 17.2 Å². The number of hydrogen-bond donors (Lipinski definition) is 1. The molecule has 2 fully saturated rings. The van der Waals surface area contributed by atoms with Gasteiger partial charge >= 0.3 is 6.18 Å². The van der Waals surface area contributed by atoms with Crippen LogP contribution >= 0.6 is 0 Å². The molecule has 204 valence electrons. The fourth-order valence-corrected chi connectivity index (χ4v) is 5.06. The molecule has 8 nitrogen and oxygen atoms in total. The van der Waals surface area contributed by atoms with Gasteiger partial charge in [-0.3, -0.25) is 24.4 Å². The lowest BCUT2D eigenvalue weighted by molar-refractivity contribution is -0.138. The predicted molar refractivity (Wildman–Crippen MR) is 137 cm³/mol. The number of aryl methyl sites for hydroxylation is 1. The van der Waals surface area contributed by atoms with Gasteiger partial charge in [-0.2, -0.15) is 18.3 Å². The van der Waals surface area contributed by atoms with E-state index in [4.69, 9.17) is 4.74 Å². The van der Waals surface area contributed by atoms with Gasteiger partial charge in [0, 0.05) is 50.9 Å². The van der Waals surface area contributed by atoms with E-state index in [1.807, 2.05) is 18.2 Å². The van der Waals surface area contributed by atoms with Gasteiger partial charge in [-0.05, 0) is 36.3 Å². The standard InChI is InChI=1S/C28H27F3N4O4/c1-34-26-20(25(33-34)21-10-11-23(36)32-27(21)38)3-2-4-22(26)39-19-13-15-35(16-14-19)24(37)12-7-17-5-8-18(9-6-17)28(29,30)31/h2-9,12,19,21H,10-11,13-16H2,1H3,(H,32,36,38)/b12-7+. The number of carbonyl (C=O) groups is 3. The number of piperidine rings is 2. The highest BCUT2D eigenvalue weighted by atomic mass is 19.4. The minimum absolute atomic E-state index is 0.132. The Morgan fingerprint density at radius 1 is 1.08 bits per heavy atom. The molecule has 11 heteroatoms. The van der Waals surface area contributed by atoms with Gasteiger partial charge in [-0.15, -0.1) is 0 Å². The van der Waals surface area contributed by atoms with Gasteiger partial charge in [0.1, 0.15) is 17.4 Å². The first-order valence-corrected chi connectivity index (χ1v) is 12.7. The van der Waals surface area contributed by atoms with E-state index in [2.05, 4.69) is 10.4 Å². The number of nitrogens with one attached hydrogen (secondary N) is 1.